The minimum absolute atomic E-state index is 0.109. The van der Waals surface area contributed by atoms with Gasteiger partial charge in [-0.15, -0.1) is 0 Å². The Balaban J connectivity index is 2.63. The number of oxazole rings is 1. The number of aryl methyl sites for hydroxylation is 1. The minimum atomic E-state index is 0.109. The van der Waals surface area contributed by atoms with Crippen LogP contribution in [-0.2, 0) is 10.8 Å². The summed E-state index contributed by atoms with van der Waals surface area (Å²) in [5.74, 6) is 1.55. The Hall–Kier alpha value is -1.57. The maximum absolute atomic E-state index is 5.69. The van der Waals surface area contributed by atoms with Crippen molar-refractivity contribution in [1.82, 2.24) is 4.98 Å². The van der Waals surface area contributed by atoms with E-state index in [1.54, 1.807) is 6.20 Å². The highest BCUT2D eigenvalue weighted by molar-refractivity contribution is 5.58. The van der Waals surface area contributed by atoms with Crippen molar-refractivity contribution in [3.63, 3.8) is 0 Å². The molecule has 0 aliphatic rings. The third-order valence-corrected chi connectivity index (χ3v) is 3.53. The molecule has 1 aromatic carbocycles. The monoisotopic (exact) mass is 271 g/mol. The molecule has 2 nitrogen and oxygen atoms in total. The summed E-state index contributed by atoms with van der Waals surface area (Å²) in [6.07, 6.45) is 1.77. The lowest BCUT2D eigenvalue weighted by molar-refractivity contribution is 0.539. The number of nitrogens with zero attached hydrogens (tertiary/aromatic N) is 1. The minimum Gasteiger partial charge on any atom is -0.441 e. The van der Waals surface area contributed by atoms with E-state index in [4.69, 9.17) is 4.42 Å². The molecule has 0 aliphatic heterocycles. The van der Waals surface area contributed by atoms with E-state index in [9.17, 15) is 0 Å². The van der Waals surface area contributed by atoms with Gasteiger partial charge in [0.05, 0.1) is 6.20 Å². The van der Waals surface area contributed by atoms with Gasteiger partial charge in [-0.05, 0) is 41.0 Å². The third-order valence-electron chi connectivity index (χ3n) is 3.53. The normalized spacial score (nSPS) is 12.8. The highest BCUT2D eigenvalue weighted by Crippen LogP contribution is 2.33. The van der Waals surface area contributed by atoms with Crippen molar-refractivity contribution in [3.05, 3.63) is 41.3 Å². The second-order valence-corrected chi connectivity index (χ2v) is 7.58. The molecule has 1 heterocycles. The maximum atomic E-state index is 5.69. The standard InChI is InChI=1S/C18H25NO/c1-12-11-19-16(20-12)13-8-14(17(2,3)4)10-15(9-13)18(5,6)7/h8-11H,1-7H3. The van der Waals surface area contributed by atoms with Gasteiger partial charge in [-0.25, -0.2) is 4.98 Å². The Morgan fingerprint density at radius 2 is 1.35 bits per heavy atom. The number of rotatable bonds is 1. The van der Waals surface area contributed by atoms with E-state index >= 15 is 0 Å². The largest absolute Gasteiger partial charge is 0.441 e. The van der Waals surface area contributed by atoms with Crippen molar-refractivity contribution >= 4 is 0 Å². The van der Waals surface area contributed by atoms with Crippen molar-refractivity contribution in [1.29, 1.82) is 0 Å². The van der Waals surface area contributed by atoms with Crippen molar-refractivity contribution in [2.45, 2.75) is 59.3 Å². The highest BCUT2D eigenvalue weighted by atomic mass is 16.4. The molecule has 1 aromatic heterocycles. The molecule has 0 bridgehead atoms. The van der Waals surface area contributed by atoms with Crippen LogP contribution >= 0.6 is 0 Å². The Morgan fingerprint density at radius 3 is 1.70 bits per heavy atom. The van der Waals surface area contributed by atoms with Crippen molar-refractivity contribution in [2.24, 2.45) is 0 Å². The number of benzene rings is 1. The molecule has 0 saturated heterocycles. The van der Waals surface area contributed by atoms with Crippen LogP contribution in [0.15, 0.2) is 28.8 Å². The first-order valence-corrected chi connectivity index (χ1v) is 7.16. The lowest BCUT2D eigenvalue weighted by Crippen LogP contribution is -2.16. The van der Waals surface area contributed by atoms with Gasteiger partial charge in [-0.2, -0.15) is 0 Å². The van der Waals surface area contributed by atoms with Crippen molar-refractivity contribution in [3.8, 4) is 11.5 Å². The summed E-state index contributed by atoms with van der Waals surface area (Å²) < 4.78 is 5.69. The van der Waals surface area contributed by atoms with E-state index in [0.717, 1.165) is 11.3 Å². The van der Waals surface area contributed by atoms with Crippen molar-refractivity contribution in [2.75, 3.05) is 0 Å². The zero-order chi connectivity index (χ0) is 15.1. The Morgan fingerprint density at radius 1 is 0.850 bits per heavy atom. The Bertz CT molecular complexity index is 577. The average Bonchev–Trinajstić information content (AvgIpc) is 2.73. The molecule has 0 aliphatic carbocycles. The van der Waals surface area contributed by atoms with E-state index < -0.39 is 0 Å². The summed E-state index contributed by atoms with van der Waals surface area (Å²) in [4.78, 5) is 4.37. The van der Waals surface area contributed by atoms with Crippen LogP contribution in [0.4, 0.5) is 0 Å². The number of hydrogen-bond acceptors (Lipinski definition) is 2. The molecular formula is C18H25NO. The summed E-state index contributed by atoms with van der Waals surface area (Å²) in [6, 6.07) is 6.69. The van der Waals surface area contributed by atoms with Gasteiger partial charge in [-0.1, -0.05) is 47.6 Å². The zero-order valence-corrected chi connectivity index (χ0v) is 13.7. The molecule has 108 valence electrons. The SMILES string of the molecule is Cc1cnc(-c2cc(C(C)(C)C)cc(C(C)(C)C)c2)o1. The van der Waals surface area contributed by atoms with Gasteiger partial charge < -0.3 is 4.42 Å². The molecule has 20 heavy (non-hydrogen) atoms. The second kappa shape index (κ2) is 4.76. The molecule has 2 rings (SSSR count). The molecule has 0 radical (unpaired) electrons. The molecule has 2 aromatic rings. The van der Waals surface area contributed by atoms with E-state index in [2.05, 4.69) is 64.7 Å². The van der Waals surface area contributed by atoms with E-state index in [-0.39, 0.29) is 10.8 Å². The van der Waals surface area contributed by atoms with Gasteiger partial charge in [0, 0.05) is 5.56 Å². The average molecular weight is 271 g/mol. The van der Waals surface area contributed by atoms with Gasteiger partial charge in [0.15, 0.2) is 0 Å². The molecule has 0 unspecified atom stereocenters. The lowest BCUT2D eigenvalue weighted by Gasteiger charge is -2.25. The Kier molecular flexibility index (Phi) is 3.53. The van der Waals surface area contributed by atoms with Crippen molar-refractivity contribution < 1.29 is 4.42 Å². The summed E-state index contributed by atoms with van der Waals surface area (Å²) in [5.41, 5.74) is 3.91. The van der Waals surface area contributed by atoms with Gasteiger partial charge >= 0.3 is 0 Å². The first kappa shape index (κ1) is 14.8. The maximum Gasteiger partial charge on any atom is 0.226 e. The second-order valence-electron chi connectivity index (χ2n) is 7.58. The van der Waals surface area contributed by atoms with Crippen LogP contribution in [0.5, 0.6) is 0 Å². The topological polar surface area (TPSA) is 26.0 Å². The predicted octanol–water partition coefficient (Wildman–Crippen LogP) is 5.25. The van der Waals surface area contributed by atoms with E-state index in [1.165, 1.54) is 11.1 Å². The van der Waals surface area contributed by atoms with Crippen LogP contribution in [-0.4, -0.2) is 4.98 Å². The third kappa shape index (κ3) is 3.12. The van der Waals surface area contributed by atoms with Crippen LogP contribution in [0.1, 0.15) is 58.4 Å². The number of aromatic nitrogens is 1. The number of hydrogen-bond donors (Lipinski definition) is 0. The fraction of sp³-hybridized carbons (Fsp3) is 0.500. The summed E-state index contributed by atoms with van der Waals surface area (Å²) >= 11 is 0. The lowest BCUT2D eigenvalue weighted by atomic mass is 9.79. The molecule has 2 heteroatoms. The molecule has 0 saturated carbocycles. The molecule has 0 spiro atoms. The quantitative estimate of drug-likeness (QED) is 0.708. The fourth-order valence-electron chi connectivity index (χ4n) is 2.11. The molecule has 0 N–H and O–H groups in total. The summed E-state index contributed by atoms with van der Waals surface area (Å²) in [7, 11) is 0. The van der Waals surface area contributed by atoms with Crippen LogP contribution in [0, 0.1) is 6.92 Å². The molecule has 0 fully saturated rings. The summed E-state index contributed by atoms with van der Waals surface area (Å²) in [5, 5.41) is 0. The van der Waals surface area contributed by atoms with Gasteiger partial charge in [0.25, 0.3) is 0 Å². The van der Waals surface area contributed by atoms with Crippen LogP contribution < -0.4 is 0 Å². The first-order chi connectivity index (χ1) is 9.07. The van der Waals surface area contributed by atoms with Gasteiger partial charge in [-0.3, -0.25) is 0 Å². The zero-order valence-electron chi connectivity index (χ0n) is 13.7. The van der Waals surface area contributed by atoms with E-state index in [0.29, 0.717) is 5.89 Å². The molecule has 0 atom stereocenters. The van der Waals surface area contributed by atoms with Gasteiger partial charge in [0.2, 0.25) is 5.89 Å². The predicted molar refractivity (Wildman–Crippen MR) is 84.1 cm³/mol. The smallest absolute Gasteiger partial charge is 0.226 e. The van der Waals surface area contributed by atoms with Gasteiger partial charge in [0.1, 0.15) is 5.76 Å². The molecular weight excluding hydrogens is 246 g/mol. The van der Waals surface area contributed by atoms with E-state index in [1.807, 2.05) is 6.92 Å². The van der Waals surface area contributed by atoms with Crippen LogP contribution in [0.3, 0.4) is 0 Å². The fourth-order valence-corrected chi connectivity index (χ4v) is 2.11. The Labute approximate surface area is 122 Å². The molecule has 0 amide bonds. The van der Waals surface area contributed by atoms with Crippen LogP contribution in [0.2, 0.25) is 0 Å². The summed E-state index contributed by atoms with van der Waals surface area (Å²) in [6.45, 7) is 15.3. The first-order valence-electron chi connectivity index (χ1n) is 7.16. The highest BCUT2D eigenvalue weighted by Gasteiger charge is 2.21. The van der Waals surface area contributed by atoms with Crippen LogP contribution in [0.25, 0.3) is 11.5 Å².